The average Bonchev–Trinajstić information content (AvgIpc) is 2.76. The summed E-state index contributed by atoms with van der Waals surface area (Å²) in [7, 11) is 0. The van der Waals surface area contributed by atoms with Crippen molar-refractivity contribution in [3.63, 3.8) is 0 Å². The monoisotopic (exact) mass is 231 g/mol. The molecule has 0 aromatic carbocycles. The van der Waals surface area contributed by atoms with E-state index in [4.69, 9.17) is 0 Å². The van der Waals surface area contributed by atoms with Gasteiger partial charge in [-0.3, -0.25) is 4.79 Å². The lowest BCUT2D eigenvalue weighted by Crippen LogP contribution is -2.30. The second kappa shape index (κ2) is 4.61. The van der Waals surface area contributed by atoms with Crippen LogP contribution in [0.5, 0.6) is 0 Å². The Labute approximate surface area is 93.7 Å². The number of aliphatic carboxylic acids is 1. The van der Waals surface area contributed by atoms with Crippen LogP contribution in [0.25, 0.3) is 0 Å². The van der Waals surface area contributed by atoms with E-state index < -0.39 is 11.4 Å². The SMILES string of the molecule is Cl.O=C(O)C1(Cc2cn[nH]n2)CCCC1. The first-order chi connectivity index (χ1) is 6.73. The van der Waals surface area contributed by atoms with Crippen LogP contribution in [0.1, 0.15) is 31.4 Å². The van der Waals surface area contributed by atoms with Crippen molar-refractivity contribution in [2.45, 2.75) is 32.1 Å². The Kier molecular flexibility index (Phi) is 3.68. The maximum atomic E-state index is 11.2. The largest absolute Gasteiger partial charge is 0.481 e. The van der Waals surface area contributed by atoms with Gasteiger partial charge in [-0.2, -0.15) is 15.4 Å². The molecule has 0 bridgehead atoms. The zero-order valence-electron chi connectivity index (χ0n) is 8.27. The van der Waals surface area contributed by atoms with E-state index in [0.29, 0.717) is 6.42 Å². The lowest BCUT2D eigenvalue weighted by atomic mass is 9.82. The summed E-state index contributed by atoms with van der Waals surface area (Å²) in [5.74, 6) is -0.696. The van der Waals surface area contributed by atoms with E-state index in [1.54, 1.807) is 6.20 Å². The van der Waals surface area contributed by atoms with Gasteiger partial charge in [-0.05, 0) is 12.8 Å². The molecular formula is C9H14ClN3O2. The Morgan fingerprint density at radius 2 is 2.20 bits per heavy atom. The van der Waals surface area contributed by atoms with Gasteiger partial charge in [0.1, 0.15) is 0 Å². The van der Waals surface area contributed by atoms with Gasteiger partial charge in [-0.25, -0.2) is 0 Å². The third-order valence-electron chi connectivity index (χ3n) is 3.00. The summed E-state index contributed by atoms with van der Waals surface area (Å²) in [4.78, 5) is 11.2. The van der Waals surface area contributed by atoms with E-state index in [1.807, 2.05) is 0 Å². The molecule has 15 heavy (non-hydrogen) atoms. The molecule has 1 saturated carbocycles. The van der Waals surface area contributed by atoms with E-state index in [2.05, 4.69) is 15.4 Å². The number of hydrogen-bond acceptors (Lipinski definition) is 3. The topological polar surface area (TPSA) is 78.9 Å². The van der Waals surface area contributed by atoms with Crippen LogP contribution in [0, 0.1) is 5.41 Å². The molecule has 2 rings (SSSR count). The van der Waals surface area contributed by atoms with Gasteiger partial charge in [-0.1, -0.05) is 12.8 Å². The minimum atomic E-state index is -0.696. The van der Waals surface area contributed by atoms with Crippen LogP contribution in [0.2, 0.25) is 0 Å². The Bertz CT molecular complexity index is 320. The molecule has 0 saturated heterocycles. The number of hydrogen-bond donors (Lipinski definition) is 2. The number of nitrogens with zero attached hydrogens (tertiary/aromatic N) is 2. The second-order valence-electron chi connectivity index (χ2n) is 3.93. The van der Waals surface area contributed by atoms with Crippen LogP contribution in [0.15, 0.2) is 6.20 Å². The van der Waals surface area contributed by atoms with Crippen LogP contribution >= 0.6 is 12.4 Å². The van der Waals surface area contributed by atoms with E-state index in [1.165, 1.54) is 0 Å². The minimum absolute atomic E-state index is 0. The molecule has 1 aromatic heterocycles. The Balaban J connectivity index is 0.00000112. The number of carboxylic acid groups (broad SMARTS) is 1. The maximum Gasteiger partial charge on any atom is 0.310 e. The molecular weight excluding hydrogens is 218 g/mol. The number of H-pyrrole nitrogens is 1. The molecule has 1 heterocycles. The van der Waals surface area contributed by atoms with Gasteiger partial charge < -0.3 is 5.11 Å². The summed E-state index contributed by atoms with van der Waals surface area (Å²) in [5, 5.41) is 19.3. The Morgan fingerprint density at radius 3 is 2.67 bits per heavy atom. The standard InChI is InChI=1S/C9H13N3O2.ClH/c13-8(14)9(3-1-2-4-9)5-7-6-10-12-11-7;/h6H,1-5H2,(H,13,14)(H,10,11,12);1H. The highest BCUT2D eigenvalue weighted by molar-refractivity contribution is 5.85. The van der Waals surface area contributed by atoms with Crippen molar-refractivity contribution in [2.75, 3.05) is 0 Å². The highest BCUT2D eigenvalue weighted by Gasteiger charge is 2.41. The van der Waals surface area contributed by atoms with Gasteiger partial charge in [0, 0.05) is 6.42 Å². The third-order valence-corrected chi connectivity index (χ3v) is 3.00. The number of halogens is 1. The molecule has 0 spiro atoms. The smallest absolute Gasteiger partial charge is 0.310 e. The van der Waals surface area contributed by atoms with Crippen molar-refractivity contribution in [3.05, 3.63) is 11.9 Å². The average molecular weight is 232 g/mol. The molecule has 1 aliphatic carbocycles. The molecule has 2 N–H and O–H groups in total. The fourth-order valence-electron chi connectivity index (χ4n) is 2.18. The zero-order valence-corrected chi connectivity index (χ0v) is 9.09. The molecule has 1 aromatic rings. The summed E-state index contributed by atoms with van der Waals surface area (Å²) in [6, 6.07) is 0. The fourth-order valence-corrected chi connectivity index (χ4v) is 2.18. The normalized spacial score (nSPS) is 18.4. The second-order valence-corrected chi connectivity index (χ2v) is 3.93. The van der Waals surface area contributed by atoms with Crippen LogP contribution in [-0.2, 0) is 11.2 Å². The predicted molar refractivity (Wildman–Crippen MR) is 55.9 cm³/mol. The number of aromatic amines is 1. The van der Waals surface area contributed by atoms with Crippen molar-refractivity contribution in [1.29, 1.82) is 0 Å². The molecule has 0 radical (unpaired) electrons. The van der Waals surface area contributed by atoms with Crippen LogP contribution < -0.4 is 0 Å². The van der Waals surface area contributed by atoms with Crippen LogP contribution in [0.3, 0.4) is 0 Å². The van der Waals surface area contributed by atoms with Gasteiger partial charge in [0.25, 0.3) is 0 Å². The van der Waals surface area contributed by atoms with E-state index in [-0.39, 0.29) is 12.4 Å². The first-order valence-electron chi connectivity index (χ1n) is 4.81. The van der Waals surface area contributed by atoms with Gasteiger partial charge in [0.05, 0.1) is 17.3 Å². The van der Waals surface area contributed by atoms with Crippen molar-refractivity contribution in [3.8, 4) is 0 Å². The van der Waals surface area contributed by atoms with E-state index in [0.717, 1.165) is 31.4 Å². The summed E-state index contributed by atoms with van der Waals surface area (Å²) in [6.45, 7) is 0. The zero-order chi connectivity index (χ0) is 10.0. The molecule has 0 amide bonds. The van der Waals surface area contributed by atoms with E-state index >= 15 is 0 Å². The summed E-state index contributed by atoms with van der Waals surface area (Å²) in [6.07, 6.45) is 5.63. The van der Waals surface area contributed by atoms with E-state index in [9.17, 15) is 9.90 Å². The quantitative estimate of drug-likeness (QED) is 0.825. The molecule has 0 atom stereocenters. The van der Waals surface area contributed by atoms with Gasteiger partial charge >= 0.3 is 5.97 Å². The molecule has 6 heteroatoms. The predicted octanol–water partition coefficient (Wildman–Crippen LogP) is 1.41. The summed E-state index contributed by atoms with van der Waals surface area (Å²) >= 11 is 0. The molecule has 1 aliphatic rings. The first-order valence-corrected chi connectivity index (χ1v) is 4.81. The number of rotatable bonds is 3. The molecule has 84 valence electrons. The van der Waals surface area contributed by atoms with Gasteiger partial charge in [0.2, 0.25) is 0 Å². The molecule has 0 aliphatic heterocycles. The third kappa shape index (κ3) is 2.28. The maximum absolute atomic E-state index is 11.2. The first kappa shape index (κ1) is 12.0. The molecule has 1 fully saturated rings. The molecule has 5 nitrogen and oxygen atoms in total. The highest BCUT2D eigenvalue weighted by atomic mass is 35.5. The lowest BCUT2D eigenvalue weighted by molar-refractivity contribution is -0.148. The number of carbonyl (C=O) groups is 1. The van der Waals surface area contributed by atoms with Crippen LogP contribution in [0.4, 0.5) is 0 Å². The Morgan fingerprint density at radius 1 is 1.53 bits per heavy atom. The van der Waals surface area contributed by atoms with Crippen molar-refractivity contribution >= 4 is 18.4 Å². The van der Waals surface area contributed by atoms with Gasteiger partial charge in [0.15, 0.2) is 0 Å². The van der Waals surface area contributed by atoms with Crippen molar-refractivity contribution < 1.29 is 9.90 Å². The fraction of sp³-hybridized carbons (Fsp3) is 0.667. The highest BCUT2D eigenvalue weighted by Crippen LogP contribution is 2.40. The van der Waals surface area contributed by atoms with Crippen LogP contribution in [-0.4, -0.2) is 26.5 Å². The number of carboxylic acids is 1. The minimum Gasteiger partial charge on any atom is -0.481 e. The number of nitrogens with one attached hydrogen (secondary N) is 1. The summed E-state index contributed by atoms with van der Waals surface area (Å²) in [5.41, 5.74) is 0.158. The van der Waals surface area contributed by atoms with Crippen molar-refractivity contribution in [2.24, 2.45) is 5.41 Å². The lowest BCUT2D eigenvalue weighted by Gasteiger charge is -2.21. The summed E-state index contributed by atoms with van der Waals surface area (Å²) < 4.78 is 0. The molecule has 0 unspecified atom stereocenters. The number of aromatic nitrogens is 3. The van der Waals surface area contributed by atoms with Gasteiger partial charge in [-0.15, -0.1) is 12.4 Å². The Hall–Kier alpha value is -1.10. The van der Waals surface area contributed by atoms with Crippen molar-refractivity contribution in [1.82, 2.24) is 15.4 Å².